The molecule has 3 rings (SSSR count). The molecule has 0 unspecified atom stereocenters. The van der Waals surface area contributed by atoms with Crippen molar-refractivity contribution >= 4 is 17.6 Å². The lowest BCUT2D eigenvalue weighted by Gasteiger charge is -2.25. The standard InChI is InChI=1S/C18H18F2N4O2/c19-12-3-4-14(20)11(6-12)7-13(21)9-16(25)23-15-8-10-2-1-5-22-17(10)24-18(15)26/h1-6,13,15H,7-9,21H2,(H,23,25)(H,22,24,26)/t13-,15-/m1/s1. The number of hydrogen-bond donors (Lipinski definition) is 3. The third kappa shape index (κ3) is 4.20. The van der Waals surface area contributed by atoms with Crippen LogP contribution in [0.2, 0.25) is 0 Å². The molecule has 2 amide bonds. The molecule has 2 atom stereocenters. The first kappa shape index (κ1) is 17.9. The van der Waals surface area contributed by atoms with E-state index in [1.54, 1.807) is 12.3 Å². The zero-order valence-corrected chi connectivity index (χ0v) is 13.8. The van der Waals surface area contributed by atoms with Crippen LogP contribution in [0.5, 0.6) is 0 Å². The number of carbonyl (C=O) groups excluding carboxylic acids is 2. The summed E-state index contributed by atoms with van der Waals surface area (Å²) in [7, 11) is 0. The zero-order valence-electron chi connectivity index (χ0n) is 13.8. The first-order valence-corrected chi connectivity index (χ1v) is 8.16. The van der Waals surface area contributed by atoms with E-state index in [1.165, 1.54) is 0 Å². The van der Waals surface area contributed by atoms with E-state index in [9.17, 15) is 18.4 Å². The van der Waals surface area contributed by atoms with Gasteiger partial charge in [0.2, 0.25) is 11.8 Å². The van der Waals surface area contributed by atoms with Crippen molar-refractivity contribution in [3.05, 3.63) is 59.3 Å². The Labute approximate surface area is 148 Å². The number of nitrogens with two attached hydrogens (primary N) is 1. The minimum Gasteiger partial charge on any atom is -0.344 e. The van der Waals surface area contributed by atoms with Gasteiger partial charge in [-0.25, -0.2) is 13.8 Å². The number of anilines is 1. The van der Waals surface area contributed by atoms with Crippen LogP contribution in [0.3, 0.4) is 0 Å². The van der Waals surface area contributed by atoms with Crippen LogP contribution in [-0.2, 0) is 22.4 Å². The minimum absolute atomic E-state index is 0.0145. The topological polar surface area (TPSA) is 97.1 Å². The molecular formula is C18H18F2N4O2. The van der Waals surface area contributed by atoms with Gasteiger partial charge in [-0.2, -0.15) is 0 Å². The molecule has 0 bridgehead atoms. The number of pyridine rings is 1. The van der Waals surface area contributed by atoms with Crippen molar-refractivity contribution in [3.8, 4) is 0 Å². The van der Waals surface area contributed by atoms with Gasteiger partial charge in [0, 0.05) is 25.1 Å². The summed E-state index contributed by atoms with van der Waals surface area (Å²) in [6.07, 6.45) is 1.80. The normalized spacial score (nSPS) is 17.2. The van der Waals surface area contributed by atoms with Gasteiger partial charge in [0.25, 0.3) is 0 Å². The second-order valence-corrected chi connectivity index (χ2v) is 6.23. The number of rotatable bonds is 5. The average Bonchev–Trinajstić information content (AvgIpc) is 2.58. The Morgan fingerprint density at radius 2 is 2.19 bits per heavy atom. The molecular weight excluding hydrogens is 342 g/mol. The van der Waals surface area contributed by atoms with Crippen molar-refractivity contribution in [2.75, 3.05) is 5.32 Å². The molecule has 2 aromatic rings. The van der Waals surface area contributed by atoms with E-state index in [4.69, 9.17) is 5.73 Å². The van der Waals surface area contributed by atoms with E-state index >= 15 is 0 Å². The molecule has 1 aromatic heterocycles. The monoisotopic (exact) mass is 360 g/mol. The van der Waals surface area contributed by atoms with Crippen LogP contribution in [0.4, 0.5) is 14.6 Å². The quantitative estimate of drug-likeness (QED) is 0.749. The molecule has 1 aliphatic heterocycles. The largest absolute Gasteiger partial charge is 0.344 e. The van der Waals surface area contributed by atoms with Gasteiger partial charge in [0.1, 0.15) is 23.5 Å². The lowest BCUT2D eigenvalue weighted by molar-refractivity contribution is -0.126. The van der Waals surface area contributed by atoms with Crippen molar-refractivity contribution < 1.29 is 18.4 Å². The first-order valence-electron chi connectivity index (χ1n) is 8.16. The summed E-state index contributed by atoms with van der Waals surface area (Å²) in [5.41, 5.74) is 6.82. The fourth-order valence-corrected chi connectivity index (χ4v) is 2.89. The predicted octanol–water partition coefficient (Wildman–Crippen LogP) is 1.30. The van der Waals surface area contributed by atoms with Crippen LogP contribution < -0.4 is 16.4 Å². The number of nitrogens with one attached hydrogen (secondary N) is 2. The molecule has 6 nitrogen and oxygen atoms in total. The minimum atomic E-state index is -0.725. The maximum atomic E-state index is 13.7. The Kier molecular flexibility index (Phi) is 5.22. The number of aromatic nitrogens is 1. The Bertz CT molecular complexity index is 844. The van der Waals surface area contributed by atoms with Crippen molar-refractivity contribution in [2.45, 2.75) is 31.3 Å². The van der Waals surface area contributed by atoms with Crippen molar-refractivity contribution in [3.63, 3.8) is 0 Å². The highest BCUT2D eigenvalue weighted by atomic mass is 19.1. The Balaban J connectivity index is 1.57. The van der Waals surface area contributed by atoms with Gasteiger partial charge >= 0.3 is 0 Å². The second kappa shape index (κ2) is 7.57. The van der Waals surface area contributed by atoms with E-state index in [0.29, 0.717) is 12.2 Å². The molecule has 2 heterocycles. The summed E-state index contributed by atoms with van der Waals surface area (Å²) >= 11 is 0. The summed E-state index contributed by atoms with van der Waals surface area (Å²) in [6.45, 7) is 0. The molecule has 1 aromatic carbocycles. The molecule has 8 heteroatoms. The molecule has 26 heavy (non-hydrogen) atoms. The van der Waals surface area contributed by atoms with Gasteiger partial charge < -0.3 is 16.4 Å². The maximum Gasteiger partial charge on any atom is 0.248 e. The van der Waals surface area contributed by atoms with Crippen molar-refractivity contribution in [1.29, 1.82) is 0 Å². The van der Waals surface area contributed by atoms with E-state index in [0.717, 1.165) is 23.8 Å². The van der Waals surface area contributed by atoms with E-state index in [-0.39, 0.29) is 24.3 Å². The SMILES string of the molecule is N[C@@H](CC(=O)N[C@@H]1Cc2cccnc2NC1=O)Cc1cc(F)ccc1F. The Hall–Kier alpha value is -2.87. The van der Waals surface area contributed by atoms with Crippen molar-refractivity contribution in [1.82, 2.24) is 10.3 Å². The van der Waals surface area contributed by atoms with Crippen LogP contribution in [0, 0.1) is 11.6 Å². The molecule has 136 valence electrons. The lowest BCUT2D eigenvalue weighted by atomic mass is 10.0. The summed E-state index contributed by atoms with van der Waals surface area (Å²) in [5, 5.41) is 5.26. The number of fused-ring (bicyclic) bond motifs is 1. The molecule has 0 spiro atoms. The Morgan fingerprint density at radius 3 is 3.00 bits per heavy atom. The molecule has 0 radical (unpaired) electrons. The molecule has 1 aliphatic rings. The van der Waals surface area contributed by atoms with Gasteiger partial charge in [-0.3, -0.25) is 9.59 Å². The zero-order chi connectivity index (χ0) is 18.7. The number of amides is 2. The first-order chi connectivity index (χ1) is 12.4. The predicted molar refractivity (Wildman–Crippen MR) is 91.2 cm³/mol. The molecule has 0 aliphatic carbocycles. The van der Waals surface area contributed by atoms with Gasteiger partial charge in [0.05, 0.1) is 0 Å². The van der Waals surface area contributed by atoms with Gasteiger partial charge in [-0.1, -0.05) is 6.07 Å². The number of carbonyl (C=O) groups is 2. The summed E-state index contributed by atoms with van der Waals surface area (Å²) in [5.74, 6) is -1.43. The summed E-state index contributed by atoms with van der Waals surface area (Å²) in [6, 6.07) is 5.24. The van der Waals surface area contributed by atoms with Crippen molar-refractivity contribution in [2.24, 2.45) is 5.73 Å². The molecule has 0 saturated heterocycles. The van der Waals surface area contributed by atoms with Crippen LogP contribution in [0.25, 0.3) is 0 Å². The third-order valence-electron chi connectivity index (χ3n) is 4.15. The second-order valence-electron chi connectivity index (χ2n) is 6.23. The van der Waals surface area contributed by atoms with Crippen LogP contribution >= 0.6 is 0 Å². The number of nitrogens with zero attached hydrogens (tertiary/aromatic N) is 1. The van der Waals surface area contributed by atoms with Gasteiger partial charge in [-0.05, 0) is 41.8 Å². The van der Waals surface area contributed by atoms with Gasteiger partial charge in [-0.15, -0.1) is 0 Å². The highest BCUT2D eigenvalue weighted by Crippen LogP contribution is 2.19. The van der Waals surface area contributed by atoms with Crippen LogP contribution in [-0.4, -0.2) is 28.9 Å². The molecule has 0 fully saturated rings. The number of benzene rings is 1. The maximum absolute atomic E-state index is 13.7. The Morgan fingerprint density at radius 1 is 1.38 bits per heavy atom. The molecule has 4 N–H and O–H groups in total. The lowest BCUT2D eigenvalue weighted by Crippen LogP contribution is -2.49. The van der Waals surface area contributed by atoms with E-state index in [2.05, 4.69) is 15.6 Å². The third-order valence-corrected chi connectivity index (χ3v) is 4.15. The van der Waals surface area contributed by atoms with E-state index in [1.807, 2.05) is 6.07 Å². The summed E-state index contributed by atoms with van der Waals surface area (Å²) < 4.78 is 26.8. The number of halogens is 2. The fourth-order valence-electron chi connectivity index (χ4n) is 2.89. The molecule has 0 saturated carbocycles. The van der Waals surface area contributed by atoms with E-state index < -0.39 is 29.6 Å². The van der Waals surface area contributed by atoms with Crippen LogP contribution in [0.1, 0.15) is 17.5 Å². The van der Waals surface area contributed by atoms with Gasteiger partial charge in [0.15, 0.2) is 0 Å². The average molecular weight is 360 g/mol. The summed E-state index contributed by atoms with van der Waals surface area (Å²) in [4.78, 5) is 28.3. The smallest absolute Gasteiger partial charge is 0.248 e. The highest BCUT2D eigenvalue weighted by Gasteiger charge is 2.28. The number of hydrogen-bond acceptors (Lipinski definition) is 4. The highest BCUT2D eigenvalue weighted by molar-refractivity contribution is 5.99. The fraction of sp³-hybridized carbons (Fsp3) is 0.278. The van der Waals surface area contributed by atoms with Crippen LogP contribution in [0.15, 0.2) is 36.5 Å².